The van der Waals surface area contributed by atoms with Gasteiger partial charge in [0.1, 0.15) is 5.75 Å². The summed E-state index contributed by atoms with van der Waals surface area (Å²) in [6, 6.07) is 8.15. The second kappa shape index (κ2) is 11.1. The maximum Gasteiger partial charge on any atom is 0.191 e. The fourth-order valence-corrected chi connectivity index (χ4v) is 3.20. The van der Waals surface area contributed by atoms with E-state index in [9.17, 15) is 0 Å². The smallest absolute Gasteiger partial charge is 0.191 e. The molecule has 1 aromatic carbocycles. The molecule has 1 aliphatic heterocycles. The third-order valence-electron chi connectivity index (χ3n) is 4.30. The molecule has 0 amide bonds. The summed E-state index contributed by atoms with van der Waals surface area (Å²) in [5, 5.41) is 6.75. The summed E-state index contributed by atoms with van der Waals surface area (Å²) in [5.74, 6) is 2.37. The number of nitrogens with zero attached hydrogens (tertiary/aromatic N) is 2. The van der Waals surface area contributed by atoms with Crippen molar-refractivity contribution in [1.29, 1.82) is 0 Å². The zero-order valence-corrected chi connectivity index (χ0v) is 17.5. The Bertz CT molecular complexity index is 589. The maximum absolute atomic E-state index is 5.90. The minimum Gasteiger partial charge on any atom is -0.491 e. The molecule has 0 bridgehead atoms. The molecule has 1 saturated heterocycles. The van der Waals surface area contributed by atoms with Crippen molar-refractivity contribution in [3.8, 4) is 5.75 Å². The molecule has 1 fully saturated rings. The van der Waals surface area contributed by atoms with E-state index in [4.69, 9.17) is 9.47 Å². The Balaban J connectivity index is 1.77. The van der Waals surface area contributed by atoms with Crippen LogP contribution in [0, 0.1) is 5.92 Å². The number of guanidine groups is 1. The summed E-state index contributed by atoms with van der Waals surface area (Å²) in [5.41, 5.74) is 1.16. The molecule has 0 saturated carbocycles. The van der Waals surface area contributed by atoms with Crippen LogP contribution in [0.15, 0.2) is 29.3 Å². The number of hydrogen-bond donors (Lipinski definition) is 2. The molecule has 1 aliphatic rings. The van der Waals surface area contributed by atoms with Gasteiger partial charge in [0.15, 0.2) is 5.96 Å². The number of aliphatic imine (C=N–C) groups is 1. The van der Waals surface area contributed by atoms with E-state index >= 15 is 0 Å². The first kappa shape index (κ1) is 21.5. The second-order valence-electron chi connectivity index (χ2n) is 7.77. The van der Waals surface area contributed by atoms with Crippen LogP contribution >= 0.6 is 0 Å². The summed E-state index contributed by atoms with van der Waals surface area (Å²) in [7, 11) is 1.79. The normalized spacial score (nSPS) is 18.8. The number of ether oxygens (including phenoxy) is 2. The van der Waals surface area contributed by atoms with E-state index in [1.54, 1.807) is 7.05 Å². The predicted octanol–water partition coefficient (Wildman–Crippen LogP) is 2.50. The number of hydrogen-bond acceptors (Lipinski definition) is 4. The monoisotopic (exact) mass is 376 g/mol. The maximum atomic E-state index is 5.90. The molecule has 0 radical (unpaired) electrons. The molecular formula is C21H36N4O2. The van der Waals surface area contributed by atoms with Crippen LogP contribution in [0.3, 0.4) is 0 Å². The van der Waals surface area contributed by atoms with Crippen molar-refractivity contribution in [3.05, 3.63) is 29.8 Å². The highest BCUT2D eigenvalue weighted by atomic mass is 16.5. The lowest BCUT2D eigenvalue weighted by atomic mass is 10.2. The quantitative estimate of drug-likeness (QED) is 0.539. The predicted molar refractivity (Wildman–Crippen MR) is 111 cm³/mol. The standard InChI is InChI=1S/C21H36N4O2/c1-16(2)14-25-9-10-26-20(15-25)13-24-21(22-5)23-12-18-7-6-8-19(11-18)27-17(3)4/h6-8,11,16-17,20H,9-10,12-15H2,1-5H3,(H2,22,23,24). The van der Waals surface area contributed by atoms with Crippen molar-refractivity contribution in [3.63, 3.8) is 0 Å². The molecule has 2 rings (SSSR count). The van der Waals surface area contributed by atoms with Gasteiger partial charge in [-0.3, -0.25) is 9.89 Å². The first-order valence-electron chi connectivity index (χ1n) is 10.00. The van der Waals surface area contributed by atoms with Gasteiger partial charge in [0.25, 0.3) is 0 Å². The topological polar surface area (TPSA) is 58.1 Å². The first-order chi connectivity index (χ1) is 13.0. The van der Waals surface area contributed by atoms with Crippen molar-refractivity contribution in [1.82, 2.24) is 15.5 Å². The molecule has 2 N–H and O–H groups in total. The average Bonchev–Trinajstić information content (AvgIpc) is 2.61. The van der Waals surface area contributed by atoms with Crippen LogP contribution in [-0.4, -0.2) is 62.9 Å². The third-order valence-corrected chi connectivity index (χ3v) is 4.30. The lowest BCUT2D eigenvalue weighted by molar-refractivity contribution is -0.0284. The summed E-state index contributed by atoms with van der Waals surface area (Å²) in [4.78, 5) is 6.80. The van der Waals surface area contributed by atoms with Gasteiger partial charge in [-0.05, 0) is 37.5 Å². The molecule has 6 nitrogen and oxygen atoms in total. The van der Waals surface area contributed by atoms with E-state index < -0.39 is 0 Å². The molecule has 1 heterocycles. The van der Waals surface area contributed by atoms with E-state index in [2.05, 4.69) is 46.5 Å². The Morgan fingerprint density at radius 3 is 2.81 bits per heavy atom. The van der Waals surface area contributed by atoms with Gasteiger partial charge in [0.05, 0.1) is 18.8 Å². The number of morpholine rings is 1. The van der Waals surface area contributed by atoms with E-state index in [0.717, 1.165) is 50.1 Å². The first-order valence-corrected chi connectivity index (χ1v) is 10.00. The van der Waals surface area contributed by atoms with E-state index in [1.807, 2.05) is 26.0 Å². The highest BCUT2D eigenvalue weighted by Gasteiger charge is 2.21. The molecule has 152 valence electrons. The Hall–Kier alpha value is -1.79. The fourth-order valence-electron chi connectivity index (χ4n) is 3.20. The van der Waals surface area contributed by atoms with Crippen LogP contribution in [0.4, 0.5) is 0 Å². The summed E-state index contributed by atoms with van der Waals surface area (Å²) < 4.78 is 11.7. The summed E-state index contributed by atoms with van der Waals surface area (Å²) >= 11 is 0. The van der Waals surface area contributed by atoms with Crippen molar-refractivity contribution in [2.24, 2.45) is 10.9 Å². The van der Waals surface area contributed by atoms with Crippen LogP contribution in [-0.2, 0) is 11.3 Å². The number of rotatable bonds is 8. The Labute approximate surface area is 164 Å². The average molecular weight is 377 g/mol. The Morgan fingerprint density at radius 1 is 1.30 bits per heavy atom. The molecule has 1 aromatic rings. The van der Waals surface area contributed by atoms with Gasteiger partial charge < -0.3 is 20.1 Å². The zero-order chi connectivity index (χ0) is 19.6. The third kappa shape index (κ3) is 8.18. The van der Waals surface area contributed by atoms with Gasteiger partial charge in [0, 0.05) is 39.8 Å². The Morgan fingerprint density at radius 2 is 2.11 bits per heavy atom. The minimum atomic E-state index is 0.174. The van der Waals surface area contributed by atoms with Gasteiger partial charge in [-0.1, -0.05) is 26.0 Å². The van der Waals surface area contributed by atoms with Gasteiger partial charge >= 0.3 is 0 Å². The van der Waals surface area contributed by atoms with E-state index in [-0.39, 0.29) is 12.2 Å². The van der Waals surface area contributed by atoms with Gasteiger partial charge in [0.2, 0.25) is 0 Å². The SMILES string of the molecule is CN=C(NCc1cccc(OC(C)C)c1)NCC1CN(CC(C)C)CCO1. The largest absolute Gasteiger partial charge is 0.491 e. The summed E-state index contributed by atoms with van der Waals surface area (Å²) in [6.07, 6.45) is 0.368. The van der Waals surface area contributed by atoms with Crippen LogP contribution in [0.25, 0.3) is 0 Å². The van der Waals surface area contributed by atoms with E-state index in [1.165, 1.54) is 0 Å². The highest BCUT2D eigenvalue weighted by molar-refractivity contribution is 5.79. The molecular weight excluding hydrogens is 340 g/mol. The van der Waals surface area contributed by atoms with Crippen LogP contribution in [0.1, 0.15) is 33.3 Å². The number of nitrogens with one attached hydrogen (secondary N) is 2. The molecule has 1 atom stereocenters. The van der Waals surface area contributed by atoms with Crippen molar-refractivity contribution >= 4 is 5.96 Å². The van der Waals surface area contributed by atoms with Crippen LogP contribution in [0.5, 0.6) is 5.75 Å². The van der Waals surface area contributed by atoms with E-state index in [0.29, 0.717) is 12.5 Å². The Kier molecular flexibility index (Phi) is 8.88. The van der Waals surface area contributed by atoms with Gasteiger partial charge in [-0.15, -0.1) is 0 Å². The lowest BCUT2D eigenvalue weighted by Crippen LogP contribution is -2.50. The lowest BCUT2D eigenvalue weighted by Gasteiger charge is -2.34. The molecule has 6 heteroatoms. The van der Waals surface area contributed by atoms with Crippen molar-refractivity contribution in [2.45, 2.75) is 46.4 Å². The molecule has 1 unspecified atom stereocenters. The van der Waals surface area contributed by atoms with Crippen molar-refractivity contribution < 1.29 is 9.47 Å². The minimum absolute atomic E-state index is 0.174. The molecule has 0 aliphatic carbocycles. The van der Waals surface area contributed by atoms with Crippen molar-refractivity contribution in [2.75, 3.05) is 39.8 Å². The van der Waals surface area contributed by atoms with Gasteiger partial charge in [-0.2, -0.15) is 0 Å². The highest BCUT2D eigenvalue weighted by Crippen LogP contribution is 2.14. The fraction of sp³-hybridized carbons (Fsp3) is 0.667. The summed E-state index contributed by atoms with van der Waals surface area (Å²) in [6.45, 7) is 14.0. The second-order valence-corrected chi connectivity index (χ2v) is 7.77. The molecule has 27 heavy (non-hydrogen) atoms. The van der Waals surface area contributed by atoms with Crippen LogP contribution in [0.2, 0.25) is 0 Å². The molecule has 0 aromatic heterocycles. The van der Waals surface area contributed by atoms with Gasteiger partial charge in [-0.25, -0.2) is 0 Å². The number of benzene rings is 1. The zero-order valence-electron chi connectivity index (χ0n) is 17.5. The van der Waals surface area contributed by atoms with Crippen LogP contribution < -0.4 is 15.4 Å². The molecule has 0 spiro atoms.